The van der Waals surface area contributed by atoms with Crippen molar-refractivity contribution in [2.75, 3.05) is 0 Å². The molecule has 17 heavy (non-hydrogen) atoms. The zero-order valence-corrected chi connectivity index (χ0v) is 10.9. The Morgan fingerprint density at radius 1 is 1.29 bits per heavy atom. The zero-order valence-electron chi connectivity index (χ0n) is 9.31. The fourth-order valence-electron chi connectivity index (χ4n) is 2.22. The summed E-state index contributed by atoms with van der Waals surface area (Å²) in [5, 5.41) is 9.87. The van der Waals surface area contributed by atoms with E-state index in [-0.39, 0.29) is 0 Å². The van der Waals surface area contributed by atoms with Crippen LogP contribution in [0, 0.1) is 0 Å². The second kappa shape index (κ2) is 4.27. The first kappa shape index (κ1) is 11.0. The molecule has 2 heterocycles. The molecule has 0 spiro atoms. The topological polar surface area (TPSA) is 38.0 Å². The van der Waals surface area contributed by atoms with Gasteiger partial charge < -0.3 is 9.67 Å². The van der Waals surface area contributed by atoms with E-state index in [0.29, 0.717) is 0 Å². The van der Waals surface area contributed by atoms with E-state index >= 15 is 0 Å². The number of aryl methyl sites for hydroxylation is 1. The van der Waals surface area contributed by atoms with Crippen LogP contribution in [0.15, 0.2) is 34.9 Å². The van der Waals surface area contributed by atoms with Crippen molar-refractivity contribution in [3.63, 3.8) is 0 Å². The summed E-state index contributed by atoms with van der Waals surface area (Å²) in [6.45, 7) is 0.954. The number of aliphatic hydroxyl groups is 1. The molecule has 0 aliphatic carbocycles. The number of aliphatic hydroxyl groups excluding tert-OH is 1. The van der Waals surface area contributed by atoms with Crippen LogP contribution in [-0.2, 0) is 6.54 Å². The van der Waals surface area contributed by atoms with Crippen LogP contribution in [0.25, 0.3) is 11.3 Å². The average Bonchev–Trinajstić information content (AvgIpc) is 2.75. The Bertz CT molecular complexity index is 533. The summed E-state index contributed by atoms with van der Waals surface area (Å²) in [4.78, 5) is 4.53. The molecule has 3 rings (SSSR count). The molecule has 4 heteroatoms. The van der Waals surface area contributed by atoms with Crippen LogP contribution in [-0.4, -0.2) is 14.7 Å². The monoisotopic (exact) mass is 292 g/mol. The molecule has 1 aromatic carbocycles. The van der Waals surface area contributed by atoms with Gasteiger partial charge >= 0.3 is 0 Å². The maximum Gasteiger partial charge on any atom is 0.138 e. The number of aromatic nitrogens is 2. The van der Waals surface area contributed by atoms with E-state index in [1.807, 2.05) is 30.5 Å². The van der Waals surface area contributed by atoms with Crippen molar-refractivity contribution in [3.8, 4) is 11.3 Å². The lowest BCUT2D eigenvalue weighted by atomic mass is 10.1. The highest BCUT2D eigenvalue weighted by Gasteiger charge is 2.20. The molecule has 88 valence electrons. The molecule has 1 unspecified atom stereocenters. The van der Waals surface area contributed by atoms with Gasteiger partial charge in [0.15, 0.2) is 0 Å². The molecule has 1 atom stereocenters. The number of hydrogen-bond acceptors (Lipinski definition) is 2. The molecule has 2 aromatic rings. The predicted molar refractivity (Wildman–Crippen MR) is 69.6 cm³/mol. The summed E-state index contributed by atoms with van der Waals surface area (Å²) >= 11 is 3.42. The Morgan fingerprint density at radius 2 is 2.06 bits per heavy atom. The molecular formula is C13H13BrN2O. The molecule has 1 aliphatic heterocycles. The first-order valence-electron chi connectivity index (χ1n) is 5.75. The molecule has 0 amide bonds. The Hall–Kier alpha value is -1.13. The van der Waals surface area contributed by atoms with Gasteiger partial charge in [0.1, 0.15) is 11.9 Å². The summed E-state index contributed by atoms with van der Waals surface area (Å²) in [5.41, 5.74) is 2.02. The number of imidazole rings is 1. The summed E-state index contributed by atoms with van der Waals surface area (Å²) < 4.78 is 3.12. The Labute approximate surface area is 108 Å². The molecular weight excluding hydrogens is 280 g/mol. The third-order valence-corrected chi connectivity index (χ3v) is 3.65. The van der Waals surface area contributed by atoms with Crippen LogP contribution in [0.5, 0.6) is 0 Å². The van der Waals surface area contributed by atoms with Gasteiger partial charge in [0.25, 0.3) is 0 Å². The van der Waals surface area contributed by atoms with E-state index in [1.165, 1.54) is 0 Å². The largest absolute Gasteiger partial charge is 0.385 e. The van der Waals surface area contributed by atoms with Crippen molar-refractivity contribution in [3.05, 3.63) is 40.8 Å². The molecule has 0 saturated heterocycles. The van der Waals surface area contributed by atoms with Gasteiger partial charge in [-0.05, 0) is 25.0 Å². The highest BCUT2D eigenvalue weighted by molar-refractivity contribution is 9.10. The van der Waals surface area contributed by atoms with Crippen LogP contribution in [0.3, 0.4) is 0 Å². The maximum atomic E-state index is 9.87. The van der Waals surface area contributed by atoms with Crippen molar-refractivity contribution >= 4 is 15.9 Å². The van der Waals surface area contributed by atoms with Crippen molar-refractivity contribution in [2.45, 2.75) is 25.5 Å². The first-order valence-corrected chi connectivity index (χ1v) is 6.54. The zero-order chi connectivity index (χ0) is 11.8. The lowest BCUT2D eigenvalue weighted by Crippen LogP contribution is -2.14. The minimum Gasteiger partial charge on any atom is -0.385 e. The first-order chi connectivity index (χ1) is 8.24. The molecule has 1 aromatic heterocycles. The van der Waals surface area contributed by atoms with E-state index in [4.69, 9.17) is 0 Å². The lowest BCUT2D eigenvalue weighted by molar-refractivity contribution is 0.134. The number of benzene rings is 1. The number of rotatable bonds is 1. The second-order valence-corrected chi connectivity index (χ2v) is 5.26. The summed E-state index contributed by atoms with van der Waals surface area (Å²) in [6, 6.07) is 8.07. The van der Waals surface area contributed by atoms with Gasteiger partial charge in [0, 0.05) is 22.8 Å². The van der Waals surface area contributed by atoms with E-state index in [0.717, 1.165) is 40.9 Å². The Balaban J connectivity index is 2.02. The van der Waals surface area contributed by atoms with Gasteiger partial charge in [-0.2, -0.15) is 0 Å². The molecule has 3 nitrogen and oxygen atoms in total. The fraction of sp³-hybridized carbons (Fsp3) is 0.308. The quantitative estimate of drug-likeness (QED) is 0.877. The normalized spacial score (nSPS) is 19.1. The predicted octanol–water partition coefficient (Wildman–Crippen LogP) is 3.14. The third-order valence-electron chi connectivity index (χ3n) is 3.12. The van der Waals surface area contributed by atoms with Crippen LogP contribution in [0.1, 0.15) is 24.8 Å². The fourth-order valence-corrected chi connectivity index (χ4v) is 2.48. The second-order valence-electron chi connectivity index (χ2n) is 4.34. The van der Waals surface area contributed by atoms with Crippen LogP contribution in [0.2, 0.25) is 0 Å². The summed E-state index contributed by atoms with van der Waals surface area (Å²) in [7, 11) is 0. The van der Waals surface area contributed by atoms with Gasteiger partial charge in [0.05, 0.1) is 5.69 Å². The number of fused-ring (bicyclic) bond motifs is 1. The smallest absolute Gasteiger partial charge is 0.138 e. The van der Waals surface area contributed by atoms with Crippen LogP contribution in [0.4, 0.5) is 0 Å². The van der Waals surface area contributed by atoms with Crippen molar-refractivity contribution in [1.82, 2.24) is 9.55 Å². The van der Waals surface area contributed by atoms with Gasteiger partial charge in [-0.25, -0.2) is 4.98 Å². The molecule has 0 radical (unpaired) electrons. The molecule has 0 fully saturated rings. The average molecular weight is 293 g/mol. The van der Waals surface area contributed by atoms with Crippen molar-refractivity contribution < 1.29 is 5.11 Å². The minimum absolute atomic E-state index is 0.409. The molecule has 0 bridgehead atoms. The summed E-state index contributed by atoms with van der Waals surface area (Å²) in [6.07, 6.45) is 3.45. The van der Waals surface area contributed by atoms with E-state index in [2.05, 4.69) is 25.5 Å². The number of halogens is 1. The Kier molecular flexibility index (Phi) is 2.76. The van der Waals surface area contributed by atoms with Gasteiger partial charge in [-0.3, -0.25) is 0 Å². The Morgan fingerprint density at radius 3 is 2.76 bits per heavy atom. The van der Waals surface area contributed by atoms with Gasteiger partial charge in [0.2, 0.25) is 0 Å². The van der Waals surface area contributed by atoms with Gasteiger partial charge in [-0.15, -0.1) is 0 Å². The lowest BCUT2D eigenvalue weighted by Gasteiger charge is -2.18. The highest BCUT2D eigenvalue weighted by atomic mass is 79.9. The summed E-state index contributed by atoms with van der Waals surface area (Å²) in [5.74, 6) is 0.800. The molecule has 0 saturated carbocycles. The molecule has 1 N–H and O–H groups in total. The van der Waals surface area contributed by atoms with E-state index in [9.17, 15) is 5.11 Å². The third kappa shape index (κ3) is 2.03. The van der Waals surface area contributed by atoms with Gasteiger partial charge in [-0.1, -0.05) is 28.1 Å². The maximum absolute atomic E-state index is 9.87. The minimum atomic E-state index is -0.409. The number of nitrogens with zero attached hydrogens (tertiary/aromatic N) is 2. The van der Waals surface area contributed by atoms with Crippen LogP contribution < -0.4 is 0 Å². The van der Waals surface area contributed by atoms with E-state index < -0.39 is 6.10 Å². The standard InChI is InChI=1S/C13H13BrN2O/c14-10-5-3-9(4-6-10)11-8-16-7-1-2-12(17)13(16)15-11/h3-6,8,12,17H,1-2,7H2. The van der Waals surface area contributed by atoms with Crippen LogP contribution >= 0.6 is 15.9 Å². The van der Waals surface area contributed by atoms with Crippen molar-refractivity contribution in [2.24, 2.45) is 0 Å². The number of hydrogen-bond donors (Lipinski definition) is 1. The highest BCUT2D eigenvalue weighted by Crippen LogP contribution is 2.28. The SMILES string of the molecule is OC1CCCn2cc(-c3ccc(Br)cc3)nc21. The molecule has 1 aliphatic rings. The van der Waals surface area contributed by atoms with E-state index in [1.54, 1.807) is 0 Å². The van der Waals surface area contributed by atoms with Crippen molar-refractivity contribution in [1.29, 1.82) is 0 Å².